The van der Waals surface area contributed by atoms with Crippen LogP contribution in [0.1, 0.15) is 22.3 Å². The Kier molecular flexibility index (Phi) is 6.69. The predicted molar refractivity (Wildman–Crippen MR) is 137 cm³/mol. The third-order valence-corrected chi connectivity index (χ3v) is 8.25. The van der Waals surface area contributed by atoms with Gasteiger partial charge in [-0.15, -0.1) is 0 Å². The number of nitrogens with one attached hydrogen (secondary N) is 1. The first kappa shape index (κ1) is 24.2. The van der Waals surface area contributed by atoms with E-state index in [1.807, 2.05) is 19.2 Å². The molecule has 34 heavy (non-hydrogen) atoms. The normalized spacial score (nSPS) is 15.3. The van der Waals surface area contributed by atoms with Gasteiger partial charge in [-0.2, -0.15) is 0 Å². The molecule has 1 aliphatic heterocycles. The van der Waals surface area contributed by atoms with Gasteiger partial charge in [-0.3, -0.25) is 4.72 Å². The van der Waals surface area contributed by atoms with Crippen molar-refractivity contribution in [2.45, 2.75) is 38.1 Å². The van der Waals surface area contributed by atoms with Crippen molar-refractivity contribution in [3.05, 3.63) is 75.8 Å². The number of fused-ring (bicyclic) bond motifs is 1. The molecule has 1 N–H and O–H groups in total. The predicted octanol–water partition coefficient (Wildman–Crippen LogP) is 5.51. The molecule has 0 aliphatic carbocycles. The third-order valence-electron chi connectivity index (χ3n) is 6.33. The summed E-state index contributed by atoms with van der Waals surface area (Å²) in [5.74, 6) is 1.17. The van der Waals surface area contributed by atoms with Crippen LogP contribution in [0.5, 0.6) is 11.5 Å². The van der Waals surface area contributed by atoms with Gasteiger partial charge >= 0.3 is 0 Å². The van der Waals surface area contributed by atoms with Crippen LogP contribution in [-0.4, -0.2) is 35.2 Å². The molecular weight excluding hydrogens is 472 g/mol. The lowest BCUT2D eigenvalue weighted by molar-refractivity contribution is 0.256. The van der Waals surface area contributed by atoms with E-state index in [0.29, 0.717) is 46.4 Å². The van der Waals surface area contributed by atoms with Crippen LogP contribution in [0.15, 0.2) is 53.4 Å². The minimum Gasteiger partial charge on any atom is -0.496 e. The maximum absolute atomic E-state index is 13.3. The number of para-hydroxylation sites is 1. The fourth-order valence-corrected chi connectivity index (χ4v) is 5.96. The monoisotopic (exact) mass is 500 g/mol. The number of rotatable bonds is 6. The van der Waals surface area contributed by atoms with E-state index in [1.54, 1.807) is 45.2 Å². The standard InChI is InChI=1S/C26H29ClN2O4S/c1-16-8-6-7-9-23(16)29(4)19-14-20-24(32-5)11-10-22(26(20)33-15-19)28-34(30,31)25-13-17(2)21(27)12-18(25)3/h6-13,19,28H,14-15H2,1-5H3/t19-/m1/s1. The van der Waals surface area contributed by atoms with E-state index in [4.69, 9.17) is 21.1 Å². The molecule has 1 atom stereocenters. The van der Waals surface area contributed by atoms with Gasteiger partial charge in [0.05, 0.1) is 23.7 Å². The largest absolute Gasteiger partial charge is 0.496 e. The van der Waals surface area contributed by atoms with Gasteiger partial charge in [-0.05, 0) is 67.8 Å². The first-order valence-corrected chi connectivity index (χ1v) is 12.9. The maximum atomic E-state index is 13.3. The van der Waals surface area contributed by atoms with Crippen molar-refractivity contribution in [2.24, 2.45) is 0 Å². The Bertz CT molecular complexity index is 1340. The Morgan fingerprint density at radius 3 is 2.50 bits per heavy atom. The van der Waals surface area contributed by atoms with Crippen molar-refractivity contribution >= 4 is 33.0 Å². The second-order valence-corrected chi connectivity index (χ2v) is 10.7. The zero-order valence-electron chi connectivity index (χ0n) is 20.0. The maximum Gasteiger partial charge on any atom is 0.262 e. The summed E-state index contributed by atoms with van der Waals surface area (Å²) in [7, 11) is -0.202. The number of likely N-dealkylation sites (N-methyl/N-ethyl adjacent to an activating group) is 1. The molecule has 0 amide bonds. The molecule has 0 aromatic heterocycles. The first-order valence-electron chi connectivity index (χ1n) is 11.0. The van der Waals surface area contributed by atoms with Crippen molar-refractivity contribution in [3.8, 4) is 11.5 Å². The van der Waals surface area contributed by atoms with Gasteiger partial charge in [0.2, 0.25) is 0 Å². The highest BCUT2D eigenvalue weighted by Crippen LogP contribution is 2.41. The Morgan fingerprint density at radius 1 is 1.06 bits per heavy atom. The van der Waals surface area contributed by atoms with Gasteiger partial charge < -0.3 is 14.4 Å². The van der Waals surface area contributed by atoms with E-state index in [0.717, 1.165) is 11.3 Å². The molecule has 0 bridgehead atoms. The van der Waals surface area contributed by atoms with Crippen molar-refractivity contribution < 1.29 is 17.9 Å². The highest BCUT2D eigenvalue weighted by molar-refractivity contribution is 7.92. The van der Waals surface area contributed by atoms with Gasteiger partial charge in [0.25, 0.3) is 10.0 Å². The summed E-state index contributed by atoms with van der Waals surface area (Å²) >= 11 is 6.16. The second kappa shape index (κ2) is 9.39. The number of hydrogen-bond donors (Lipinski definition) is 1. The van der Waals surface area contributed by atoms with Crippen molar-refractivity contribution in [2.75, 3.05) is 30.4 Å². The summed E-state index contributed by atoms with van der Waals surface area (Å²) < 4.78 is 41.0. The lowest BCUT2D eigenvalue weighted by Gasteiger charge is -2.36. The lowest BCUT2D eigenvalue weighted by Crippen LogP contribution is -2.41. The van der Waals surface area contributed by atoms with E-state index in [9.17, 15) is 8.42 Å². The summed E-state index contributed by atoms with van der Waals surface area (Å²) in [6.07, 6.45) is 0.651. The molecule has 0 saturated carbocycles. The Labute approximate surface area is 206 Å². The van der Waals surface area contributed by atoms with Crippen LogP contribution >= 0.6 is 11.6 Å². The SMILES string of the molecule is COc1ccc(NS(=O)(=O)c2cc(C)c(Cl)cc2C)c2c1C[C@@H](N(C)c1ccccc1C)CO2. The lowest BCUT2D eigenvalue weighted by atomic mass is 9.98. The zero-order chi connectivity index (χ0) is 24.6. The summed E-state index contributed by atoms with van der Waals surface area (Å²) in [4.78, 5) is 2.39. The van der Waals surface area contributed by atoms with E-state index >= 15 is 0 Å². The van der Waals surface area contributed by atoms with Crippen LogP contribution in [0.2, 0.25) is 5.02 Å². The van der Waals surface area contributed by atoms with Crippen LogP contribution in [-0.2, 0) is 16.4 Å². The van der Waals surface area contributed by atoms with Crippen molar-refractivity contribution in [1.29, 1.82) is 0 Å². The number of anilines is 2. The topological polar surface area (TPSA) is 67.9 Å². The van der Waals surface area contributed by atoms with Gasteiger partial charge in [0, 0.05) is 29.7 Å². The van der Waals surface area contributed by atoms with Crippen LogP contribution in [0.4, 0.5) is 11.4 Å². The molecule has 0 spiro atoms. The molecule has 8 heteroatoms. The minimum atomic E-state index is -3.85. The number of aryl methyl sites for hydroxylation is 3. The Balaban J connectivity index is 1.68. The van der Waals surface area contributed by atoms with E-state index in [1.165, 1.54) is 5.56 Å². The fourth-order valence-electron chi connectivity index (χ4n) is 4.36. The van der Waals surface area contributed by atoms with Gasteiger partial charge in [0.1, 0.15) is 18.1 Å². The minimum absolute atomic E-state index is 0.0653. The molecule has 3 aromatic carbocycles. The summed E-state index contributed by atoms with van der Waals surface area (Å²) in [6, 6.07) is 15.0. The number of methoxy groups -OCH3 is 1. The molecule has 1 heterocycles. The summed E-state index contributed by atoms with van der Waals surface area (Å²) in [5, 5.41) is 0.533. The molecule has 0 unspecified atom stereocenters. The third kappa shape index (κ3) is 4.55. The van der Waals surface area contributed by atoms with E-state index in [-0.39, 0.29) is 10.9 Å². The van der Waals surface area contributed by atoms with Gasteiger partial charge in [-0.25, -0.2) is 8.42 Å². The molecule has 6 nitrogen and oxygen atoms in total. The molecule has 3 aromatic rings. The molecule has 1 aliphatic rings. The highest BCUT2D eigenvalue weighted by Gasteiger charge is 2.30. The number of ether oxygens (including phenoxy) is 2. The molecule has 4 rings (SSSR count). The van der Waals surface area contributed by atoms with Crippen LogP contribution in [0.25, 0.3) is 0 Å². The van der Waals surface area contributed by atoms with Crippen LogP contribution in [0.3, 0.4) is 0 Å². The van der Waals surface area contributed by atoms with Gasteiger partial charge in [-0.1, -0.05) is 29.8 Å². The van der Waals surface area contributed by atoms with Crippen molar-refractivity contribution in [1.82, 2.24) is 0 Å². The number of benzene rings is 3. The summed E-state index contributed by atoms with van der Waals surface area (Å²) in [6.45, 7) is 6.01. The number of sulfonamides is 1. The van der Waals surface area contributed by atoms with Gasteiger partial charge in [0.15, 0.2) is 0 Å². The average molecular weight is 501 g/mol. The number of halogens is 1. The highest BCUT2D eigenvalue weighted by atomic mass is 35.5. The van der Waals surface area contributed by atoms with E-state index in [2.05, 4.69) is 28.7 Å². The molecule has 180 valence electrons. The van der Waals surface area contributed by atoms with Crippen molar-refractivity contribution in [3.63, 3.8) is 0 Å². The van der Waals surface area contributed by atoms with Crippen LogP contribution < -0.4 is 19.1 Å². The number of nitrogens with zero attached hydrogens (tertiary/aromatic N) is 1. The average Bonchev–Trinajstić information content (AvgIpc) is 2.81. The summed E-state index contributed by atoms with van der Waals surface area (Å²) in [5.41, 5.74) is 4.80. The second-order valence-electron chi connectivity index (χ2n) is 8.66. The molecule has 0 radical (unpaired) electrons. The molecule has 0 fully saturated rings. The fraction of sp³-hybridized carbons (Fsp3) is 0.308. The smallest absolute Gasteiger partial charge is 0.262 e. The van der Waals surface area contributed by atoms with Crippen LogP contribution in [0, 0.1) is 20.8 Å². The Morgan fingerprint density at radius 2 is 1.79 bits per heavy atom. The Hall–Kier alpha value is -2.90. The van der Waals surface area contributed by atoms with E-state index < -0.39 is 10.0 Å². The number of hydrogen-bond acceptors (Lipinski definition) is 5. The molecule has 0 saturated heterocycles. The molecular formula is C26H29ClN2O4S. The quantitative estimate of drug-likeness (QED) is 0.483. The zero-order valence-corrected chi connectivity index (χ0v) is 21.5. The first-order chi connectivity index (χ1) is 16.1.